The van der Waals surface area contributed by atoms with E-state index in [4.69, 9.17) is 11.6 Å². The van der Waals surface area contributed by atoms with E-state index in [-0.39, 0.29) is 0 Å². The Hall–Kier alpha value is 0.200. The van der Waals surface area contributed by atoms with E-state index >= 15 is 0 Å². The van der Waals surface area contributed by atoms with E-state index in [1.54, 1.807) is 14.2 Å². The molecule has 1 aromatic carbocycles. The van der Waals surface area contributed by atoms with Crippen molar-refractivity contribution in [1.82, 2.24) is 0 Å². The van der Waals surface area contributed by atoms with Crippen molar-refractivity contribution in [2.24, 2.45) is 0 Å². The van der Waals surface area contributed by atoms with Crippen molar-refractivity contribution in [3.05, 3.63) is 32.9 Å². The van der Waals surface area contributed by atoms with Gasteiger partial charge in [0.05, 0.1) is 0 Å². The largest absolute Gasteiger partial charge is 0.388 e. The lowest BCUT2D eigenvalue weighted by molar-refractivity contribution is 0.277. The normalized spacial score (nSPS) is 8.36. The molecule has 0 N–H and O–H groups in total. The van der Waals surface area contributed by atoms with E-state index in [9.17, 15) is 0 Å². The Morgan fingerprint density at radius 1 is 1.18 bits per heavy atom. The summed E-state index contributed by atoms with van der Waals surface area (Å²) in [5.41, 5.74) is 0. The predicted octanol–water partition coefficient (Wildman–Crippen LogP) is 3.21. The first kappa shape index (κ1) is 11.2. The van der Waals surface area contributed by atoms with Gasteiger partial charge in [-0.2, -0.15) is 0 Å². The van der Waals surface area contributed by atoms with Gasteiger partial charge < -0.3 is 4.74 Å². The average Bonchev–Trinajstić information content (AvgIpc) is 1.97. The fourth-order valence-corrected chi connectivity index (χ4v) is 0.915. The summed E-state index contributed by atoms with van der Waals surface area (Å²) in [5.74, 6) is 0. The van der Waals surface area contributed by atoms with E-state index in [0.717, 1.165) is 5.02 Å². The van der Waals surface area contributed by atoms with Gasteiger partial charge in [-0.15, -0.1) is 0 Å². The Kier molecular flexibility index (Phi) is 7.01. The van der Waals surface area contributed by atoms with Crippen LogP contribution in [0.3, 0.4) is 0 Å². The van der Waals surface area contributed by atoms with E-state index < -0.39 is 0 Å². The van der Waals surface area contributed by atoms with Crippen molar-refractivity contribution >= 4 is 34.2 Å². The van der Waals surface area contributed by atoms with Crippen LogP contribution in [0.4, 0.5) is 0 Å². The average molecular weight is 285 g/mol. The summed E-state index contributed by atoms with van der Waals surface area (Å²) in [6.45, 7) is 0. The number of methoxy groups -OCH3 is 1. The number of halogens is 2. The van der Waals surface area contributed by atoms with Gasteiger partial charge in [0, 0.05) is 22.8 Å². The molecule has 11 heavy (non-hydrogen) atoms. The van der Waals surface area contributed by atoms with Crippen LogP contribution in [0.5, 0.6) is 0 Å². The molecule has 1 nitrogen and oxygen atoms in total. The Bertz CT molecular complexity index is 165. The first-order valence-corrected chi connectivity index (χ1v) is 4.47. The van der Waals surface area contributed by atoms with Crippen molar-refractivity contribution in [2.75, 3.05) is 14.2 Å². The maximum absolute atomic E-state index is 5.61. The van der Waals surface area contributed by atoms with Crippen LogP contribution in [-0.4, -0.2) is 14.2 Å². The first-order valence-electron chi connectivity index (χ1n) is 3.02. The van der Waals surface area contributed by atoms with Gasteiger partial charge in [0.1, 0.15) is 0 Å². The van der Waals surface area contributed by atoms with Gasteiger partial charge in [-0.3, -0.25) is 0 Å². The second kappa shape index (κ2) is 6.88. The van der Waals surface area contributed by atoms with Crippen LogP contribution in [0.1, 0.15) is 0 Å². The first-order chi connectivity index (χ1) is 5.20. The van der Waals surface area contributed by atoms with Gasteiger partial charge in [0.15, 0.2) is 0 Å². The molecule has 0 unspecified atom stereocenters. The van der Waals surface area contributed by atoms with Crippen molar-refractivity contribution in [2.45, 2.75) is 0 Å². The lowest BCUT2D eigenvalue weighted by atomic mass is 10.4. The minimum absolute atomic E-state index is 0.797. The molecule has 0 bridgehead atoms. The van der Waals surface area contributed by atoms with E-state index in [0.29, 0.717) is 0 Å². The Morgan fingerprint density at radius 3 is 1.82 bits per heavy atom. The number of hydrogen-bond acceptors (Lipinski definition) is 1. The third kappa shape index (κ3) is 6.59. The van der Waals surface area contributed by atoms with Crippen LogP contribution in [0.15, 0.2) is 24.3 Å². The minimum Gasteiger partial charge on any atom is -0.388 e. The molecule has 0 radical (unpaired) electrons. The number of hydrogen-bond donors (Lipinski definition) is 0. The fourth-order valence-electron chi connectivity index (χ4n) is 0.430. The maximum Gasteiger partial charge on any atom is 0.0406 e. The van der Waals surface area contributed by atoms with Gasteiger partial charge in [-0.1, -0.05) is 11.6 Å². The lowest BCUT2D eigenvalue weighted by Crippen LogP contribution is -1.65. The van der Waals surface area contributed by atoms with Crippen LogP contribution in [0.2, 0.25) is 5.02 Å². The second-order valence-corrected chi connectivity index (χ2v) is 3.53. The highest BCUT2D eigenvalue weighted by Crippen LogP contribution is 2.10. The van der Waals surface area contributed by atoms with Gasteiger partial charge in [0.25, 0.3) is 0 Å². The van der Waals surface area contributed by atoms with Crippen LogP contribution in [-0.2, 0) is 4.74 Å². The third-order valence-corrected chi connectivity index (χ3v) is 1.77. The molecule has 0 amide bonds. The van der Waals surface area contributed by atoms with Crippen LogP contribution in [0.25, 0.3) is 0 Å². The van der Waals surface area contributed by atoms with Gasteiger partial charge >= 0.3 is 0 Å². The molecule has 1 aromatic rings. The molecule has 0 spiro atoms. The quantitative estimate of drug-likeness (QED) is 0.665. The minimum atomic E-state index is 0.797. The summed E-state index contributed by atoms with van der Waals surface area (Å²) < 4.78 is 5.46. The van der Waals surface area contributed by atoms with Gasteiger partial charge in [-0.05, 0) is 46.9 Å². The zero-order valence-electron chi connectivity index (χ0n) is 6.47. The Morgan fingerprint density at radius 2 is 1.55 bits per heavy atom. The molecule has 0 aromatic heterocycles. The topological polar surface area (TPSA) is 9.23 Å². The monoisotopic (exact) mass is 284 g/mol. The summed E-state index contributed by atoms with van der Waals surface area (Å²) in [4.78, 5) is 0. The summed E-state index contributed by atoms with van der Waals surface area (Å²) in [6.07, 6.45) is 0. The molecule has 0 aliphatic heterocycles. The van der Waals surface area contributed by atoms with E-state index in [1.807, 2.05) is 24.3 Å². The molecule has 0 heterocycles. The highest BCUT2D eigenvalue weighted by Gasteiger charge is 1.83. The summed E-state index contributed by atoms with van der Waals surface area (Å²) in [7, 11) is 3.25. The van der Waals surface area contributed by atoms with Gasteiger partial charge in [0.2, 0.25) is 0 Å². The molecular weight excluding hydrogens is 274 g/mol. The molecule has 1 rings (SSSR count). The Labute approximate surface area is 85.8 Å². The smallest absolute Gasteiger partial charge is 0.0406 e. The van der Waals surface area contributed by atoms with Crippen molar-refractivity contribution < 1.29 is 4.74 Å². The highest BCUT2D eigenvalue weighted by atomic mass is 127. The SMILES string of the molecule is COC.Clc1ccc(I)cc1. The summed E-state index contributed by atoms with van der Waals surface area (Å²) >= 11 is 7.85. The lowest BCUT2D eigenvalue weighted by Gasteiger charge is -1.86. The Balaban J connectivity index is 0.000000292. The summed E-state index contributed by atoms with van der Waals surface area (Å²) in [5, 5.41) is 0.797. The molecule has 0 atom stereocenters. The van der Waals surface area contributed by atoms with Crippen molar-refractivity contribution in [1.29, 1.82) is 0 Å². The van der Waals surface area contributed by atoms with Crippen LogP contribution in [0, 0.1) is 3.57 Å². The van der Waals surface area contributed by atoms with Crippen LogP contribution < -0.4 is 0 Å². The number of ether oxygens (including phenoxy) is 1. The highest BCUT2D eigenvalue weighted by molar-refractivity contribution is 14.1. The second-order valence-electron chi connectivity index (χ2n) is 1.84. The molecule has 62 valence electrons. The third-order valence-electron chi connectivity index (χ3n) is 0.804. The molecule has 0 aliphatic rings. The van der Waals surface area contributed by atoms with Crippen molar-refractivity contribution in [3.63, 3.8) is 0 Å². The van der Waals surface area contributed by atoms with E-state index in [1.165, 1.54) is 3.57 Å². The van der Waals surface area contributed by atoms with Crippen LogP contribution >= 0.6 is 34.2 Å². The molecule has 0 aliphatic carbocycles. The predicted molar refractivity (Wildman–Crippen MR) is 57.1 cm³/mol. The zero-order chi connectivity index (χ0) is 8.69. The number of benzene rings is 1. The molecule has 0 saturated heterocycles. The molecule has 0 saturated carbocycles. The zero-order valence-corrected chi connectivity index (χ0v) is 9.39. The summed E-state index contributed by atoms with van der Waals surface area (Å²) in [6, 6.07) is 7.71. The fraction of sp³-hybridized carbons (Fsp3) is 0.250. The number of rotatable bonds is 0. The van der Waals surface area contributed by atoms with Gasteiger partial charge in [-0.25, -0.2) is 0 Å². The maximum atomic E-state index is 5.61. The standard InChI is InChI=1S/C6H4ClI.C2H6O/c7-5-1-3-6(8)4-2-5;1-3-2/h1-4H;1-2H3. The molecule has 3 heteroatoms. The van der Waals surface area contributed by atoms with E-state index in [2.05, 4.69) is 27.3 Å². The molecule has 0 fully saturated rings. The van der Waals surface area contributed by atoms with Crippen molar-refractivity contribution in [3.8, 4) is 0 Å². The molecular formula is C8H10ClIO.